The van der Waals surface area contributed by atoms with Crippen LogP contribution in [0.15, 0.2) is 0 Å². The van der Waals surface area contributed by atoms with Crippen LogP contribution >= 0.6 is 29.7 Å². The Morgan fingerprint density at radius 1 is 0.500 bits per heavy atom. The highest BCUT2D eigenvalue weighted by Gasteiger charge is -0.0375. The molecule has 0 nitrogen and oxygen atoms in total. The third-order valence-electron chi connectivity index (χ3n) is 0. The zero-order valence-corrected chi connectivity index (χ0v) is 14.1. The molecule has 0 amide bonds. The second-order valence-corrected chi connectivity index (χ2v) is 0. The zero-order valence-electron chi connectivity index (χ0n) is 4.13. The first-order valence-corrected chi connectivity index (χ1v) is 0. The van der Waals surface area contributed by atoms with E-state index in [0.29, 0.717) is 0 Å². The summed E-state index contributed by atoms with van der Waals surface area (Å²) in [6, 6.07) is 0. The second kappa shape index (κ2) is 50.0. The Morgan fingerprint density at radius 3 is 0.500 bits per heavy atom. The normalized spacial score (nSPS) is 0. The van der Waals surface area contributed by atoms with Crippen LogP contribution in [-0.4, -0.2) is 0 Å². The minimum Gasteiger partial charge on any atom is -1.00 e. The third kappa shape index (κ3) is 31.1. The Kier molecular flexibility index (Phi) is 627. The molecule has 6 heavy (non-hydrogen) atoms. The van der Waals surface area contributed by atoms with E-state index in [1.54, 1.807) is 0 Å². The monoisotopic (exact) mass is 298 g/mol. The molecule has 3 unspecified atom stereocenters. The van der Waals surface area contributed by atoms with E-state index in [2.05, 4.69) is 0 Å². The molecule has 0 aliphatic carbocycles. The number of halogens is 3. The summed E-state index contributed by atoms with van der Waals surface area (Å²) in [6.45, 7) is 0. The fraction of sp³-hybridized carbons (Fsp3) is 0. The van der Waals surface area contributed by atoms with Crippen LogP contribution in [-0.2, 0) is 0 Å². The van der Waals surface area contributed by atoms with Gasteiger partial charge in [0.1, 0.15) is 0 Å². The van der Waals surface area contributed by atoms with Gasteiger partial charge in [0, 0.05) is 0 Å². The molecule has 0 spiro atoms. The third-order valence-corrected chi connectivity index (χ3v) is 0. The predicted molar refractivity (Wildman–Crippen MR) is 37.5 cm³/mol. The van der Waals surface area contributed by atoms with Crippen LogP contribution in [0.3, 0.4) is 0 Å². The Balaban J connectivity index is 0. The van der Waals surface area contributed by atoms with Crippen LogP contribution in [0.25, 0.3) is 0 Å². The summed E-state index contributed by atoms with van der Waals surface area (Å²) in [7, 11) is 0. The molecule has 48 valence electrons. The molecular weight excluding hydrogens is 288 g/mol. The first-order chi connectivity index (χ1) is 0. The van der Waals surface area contributed by atoms with Crippen LogP contribution in [0.1, 0.15) is 0 Å². The van der Waals surface area contributed by atoms with Gasteiger partial charge >= 0.3 is 0 Å². The van der Waals surface area contributed by atoms with Gasteiger partial charge in [0.05, 0.1) is 0 Å². The summed E-state index contributed by atoms with van der Waals surface area (Å²) in [5.41, 5.74) is 0. The molecule has 0 radical (unpaired) electrons. The summed E-state index contributed by atoms with van der Waals surface area (Å²) in [6.07, 6.45) is 0. The Morgan fingerprint density at radius 2 is 0.500 bits per heavy atom. The van der Waals surface area contributed by atoms with E-state index in [1.807, 2.05) is 0 Å². The van der Waals surface area contributed by atoms with Crippen molar-refractivity contribution in [2.75, 3.05) is 0 Å². The van der Waals surface area contributed by atoms with Gasteiger partial charge in [-0.2, -0.15) is 0 Å². The largest absolute Gasteiger partial charge is 1.00 e. The Hall–Kier alpha value is 2.54. The molecule has 0 fully saturated rings. The molecule has 0 N–H and O–H groups in total. The first-order valence-electron chi connectivity index (χ1n) is 0. The van der Waals surface area contributed by atoms with E-state index in [9.17, 15) is 0 Å². The maximum atomic E-state index is 0. The van der Waals surface area contributed by atoms with Gasteiger partial charge in [-0.1, -0.05) is 0 Å². The van der Waals surface area contributed by atoms with Crippen LogP contribution in [0, 0.1) is 0 Å². The van der Waals surface area contributed by atoms with Gasteiger partial charge in [-0.15, -0.1) is 0 Å². The summed E-state index contributed by atoms with van der Waals surface area (Å²) in [4.78, 5) is 0. The SMILES string of the molecule is [Br-].[Br-].[Cl-].[PH4+].[PH4+].[PH4+]. The van der Waals surface area contributed by atoms with Gasteiger partial charge in [-0.05, 0) is 29.7 Å². The highest BCUT2D eigenvalue weighted by atomic mass is 79.9. The van der Waals surface area contributed by atoms with Gasteiger partial charge in [0.2, 0.25) is 0 Å². The molecule has 0 aromatic rings. The van der Waals surface area contributed by atoms with Crippen molar-refractivity contribution in [3.05, 3.63) is 0 Å². The molecule has 0 bridgehead atoms. The van der Waals surface area contributed by atoms with Crippen LogP contribution < -0.4 is 46.4 Å². The number of hydrogen-bond acceptors (Lipinski definition) is 0. The topological polar surface area (TPSA) is 0 Å². The lowest BCUT2D eigenvalue weighted by atomic mass is 31.0. The molecule has 0 aliphatic rings. The molecular formula is H12Br2ClP3. The lowest BCUT2D eigenvalue weighted by Crippen LogP contribution is -3.00. The van der Waals surface area contributed by atoms with Crippen molar-refractivity contribution in [1.29, 1.82) is 0 Å². The van der Waals surface area contributed by atoms with Crippen molar-refractivity contribution >= 4 is 29.7 Å². The van der Waals surface area contributed by atoms with Gasteiger partial charge in [0.15, 0.2) is 0 Å². The fourth-order valence-electron chi connectivity index (χ4n) is 0. The van der Waals surface area contributed by atoms with E-state index in [4.69, 9.17) is 0 Å². The predicted octanol–water partition coefficient (Wildman–Crippen LogP) is -9.62. The second-order valence-electron chi connectivity index (χ2n) is 0. The van der Waals surface area contributed by atoms with Crippen LogP contribution in [0.5, 0.6) is 0 Å². The average Bonchev–Trinajstić information content (AvgIpc) is 0. The number of hydrogen-bond donors (Lipinski definition) is 0. The lowest BCUT2D eigenvalue weighted by Gasteiger charge is -1.00. The summed E-state index contributed by atoms with van der Waals surface area (Å²) in [5, 5.41) is 0. The van der Waals surface area contributed by atoms with E-state index >= 15 is 0 Å². The van der Waals surface area contributed by atoms with Gasteiger partial charge in [-0.25, -0.2) is 0 Å². The van der Waals surface area contributed by atoms with Crippen molar-refractivity contribution in [3.63, 3.8) is 0 Å². The quantitative estimate of drug-likeness (QED) is 0.390. The Labute approximate surface area is 75.8 Å². The standard InChI is InChI=1S/2BrH.ClH.3H3P/h3*1H;3*1H3. The molecule has 0 heterocycles. The lowest BCUT2D eigenvalue weighted by molar-refractivity contribution is -0.001000. The molecule has 0 aromatic heterocycles. The highest BCUT2D eigenvalue weighted by molar-refractivity contribution is 6.92. The van der Waals surface area contributed by atoms with E-state index in [0.717, 1.165) is 0 Å². The van der Waals surface area contributed by atoms with Crippen molar-refractivity contribution in [1.82, 2.24) is 0 Å². The summed E-state index contributed by atoms with van der Waals surface area (Å²) in [5.74, 6) is 0. The fourth-order valence-corrected chi connectivity index (χ4v) is 0. The van der Waals surface area contributed by atoms with Gasteiger partial charge in [0.25, 0.3) is 0 Å². The summed E-state index contributed by atoms with van der Waals surface area (Å²) < 4.78 is 0. The van der Waals surface area contributed by atoms with E-state index in [1.165, 1.54) is 0 Å². The van der Waals surface area contributed by atoms with Crippen LogP contribution in [0.4, 0.5) is 0 Å². The number of rotatable bonds is 0. The summed E-state index contributed by atoms with van der Waals surface area (Å²) >= 11 is 0. The maximum absolute atomic E-state index is 0. The average molecular weight is 300 g/mol. The van der Waals surface area contributed by atoms with Crippen LogP contribution in [0.2, 0.25) is 0 Å². The van der Waals surface area contributed by atoms with E-state index < -0.39 is 0 Å². The van der Waals surface area contributed by atoms with Gasteiger partial charge in [-0.3, -0.25) is 0 Å². The van der Waals surface area contributed by atoms with Crippen molar-refractivity contribution in [2.24, 2.45) is 0 Å². The molecule has 0 saturated heterocycles. The van der Waals surface area contributed by atoms with Crippen molar-refractivity contribution in [2.45, 2.75) is 0 Å². The molecule has 0 aliphatic heterocycles. The minimum atomic E-state index is 0. The Bertz CT molecular complexity index is 8.75. The molecule has 6 heteroatoms. The molecule has 0 aromatic carbocycles. The molecule has 0 saturated carbocycles. The smallest absolute Gasteiger partial charge is 0.0395 e. The molecule has 3 atom stereocenters. The molecule has 0 rings (SSSR count). The van der Waals surface area contributed by atoms with E-state index in [-0.39, 0.29) is 76.1 Å². The van der Waals surface area contributed by atoms with Gasteiger partial charge < -0.3 is 46.4 Å². The highest BCUT2D eigenvalue weighted by Crippen LogP contribution is 0.863. The minimum absolute atomic E-state index is 0. The zero-order chi connectivity index (χ0) is 0. The first kappa shape index (κ1) is 75.3. The van der Waals surface area contributed by atoms with Crippen molar-refractivity contribution in [3.8, 4) is 0 Å². The van der Waals surface area contributed by atoms with Crippen molar-refractivity contribution < 1.29 is 46.4 Å². The maximum Gasteiger partial charge on any atom is -0.0395 e.